The van der Waals surface area contributed by atoms with Crippen LogP contribution in [0.5, 0.6) is 0 Å². The highest BCUT2D eigenvalue weighted by atomic mass is 79.9. The molecule has 2 heterocycles. The number of benzene rings is 1. The monoisotopic (exact) mass is 301 g/mol. The van der Waals surface area contributed by atoms with Crippen molar-refractivity contribution in [2.24, 2.45) is 5.73 Å². The van der Waals surface area contributed by atoms with E-state index in [2.05, 4.69) is 20.9 Å². The molecular weight excluding hydrogens is 290 g/mol. The first-order valence-corrected chi connectivity index (χ1v) is 6.51. The molecule has 0 aliphatic rings. The number of hydrogen-bond donors (Lipinski definition) is 1. The summed E-state index contributed by atoms with van der Waals surface area (Å²) in [5.74, 6) is 0. The van der Waals surface area contributed by atoms with Crippen molar-refractivity contribution in [2.75, 3.05) is 0 Å². The first-order valence-electron chi connectivity index (χ1n) is 5.71. The maximum Gasteiger partial charge on any atom is 0.137 e. The molecule has 0 radical (unpaired) electrons. The average molecular weight is 302 g/mol. The van der Waals surface area contributed by atoms with Gasteiger partial charge in [0.15, 0.2) is 0 Å². The number of imidazole rings is 1. The Bertz CT molecular complexity index is 703. The molecule has 3 nitrogen and oxygen atoms in total. The third kappa shape index (κ3) is 1.83. The molecular formula is C14H12BrN3. The molecule has 0 aliphatic heterocycles. The number of fused-ring (bicyclic) bond motifs is 1. The molecule has 18 heavy (non-hydrogen) atoms. The summed E-state index contributed by atoms with van der Waals surface area (Å²) in [5.41, 5.74) is 9.74. The van der Waals surface area contributed by atoms with Crippen LogP contribution < -0.4 is 5.73 Å². The molecule has 0 saturated carbocycles. The van der Waals surface area contributed by atoms with E-state index in [0.717, 1.165) is 27.1 Å². The molecule has 2 aromatic heterocycles. The summed E-state index contributed by atoms with van der Waals surface area (Å²) in [5, 5.41) is 0. The van der Waals surface area contributed by atoms with Crippen molar-refractivity contribution < 1.29 is 0 Å². The molecule has 3 rings (SSSR count). The zero-order chi connectivity index (χ0) is 12.5. The lowest BCUT2D eigenvalue weighted by Gasteiger charge is -2.00. The van der Waals surface area contributed by atoms with Gasteiger partial charge in [-0.25, -0.2) is 4.98 Å². The highest BCUT2D eigenvalue weighted by molar-refractivity contribution is 9.10. The fraction of sp³-hybridized carbons (Fsp3) is 0.0714. The second-order valence-corrected chi connectivity index (χ2v) is 4.91. The van der Waals surface area contributed by atoms with Gasteiger partial charge in [-0.3, -0.25) is 0 Å². The molecule has 0 amide bonds. The molecule has 3 aromatic rings. The van der Waals surface area contributed by atoms with E-state index in [1.807, 2.05) is 53.1 Å². The largest absolute Gasteiger partial charge is 0.325 e. The first-order chi connectivity index (χ1) is 8.79. The van der Waals surface area contributed by atoms with Crippen molar-refractivity contribution >= 4 is 21.6 Å². The molecule has 0 fully saturated rings. The summed E-state index contributed by atoms with van der Waals surface area (Å²) in [6.45, 7) is 0.503. The van der Waals surface area contributed by atoms with Crippen molar-refractivity contribution in [2.45, 2.75) is 6.54 Å². The number of nitrogens with two attached hydrogens (primary N) is 1. The number of hydrogen-bond acceptors (Lipinski definition) is 2. The van der Waals surface area contributed by atoms with Gasteiger partial charge in [0.05, 0.1) is 5.69 Å². The van der Waals surface area contributed by atoms with E-state index < -0.39 is 0 Å². The van der Waals surface area contributed by atoms with Gasteiger partial charge in [0.25, 0.3) is 0 Å². The van der Waals surface area contributed by atoms with Gasteiger partial charge in [0, 0.05) is 28.5 Å². The third-order valence-electron chi connectivity index (χ3n) is 2.94. The minimum absolute atomic E-state index is 0.503. The minimum atomic E-state index is 0.503. The van der Waals surface area contributed by atoms with Gasteiger partial charge in [0.2, 0.25) is 0 Å². The topological polar surface area (TPSA) is 43.3 Å². The highest BCUT2D eigenvalue weighted by Crippen LogP contribution is 2.27. The van der Waals surface area contributed by atoms with Crippen molar-refractivity contribution in [1.82, 2.24) is 9.38 Å². The Kier molecular flexibility index (Phi) is 2.89. The lowest BCUT2D eigenvalue weighted by molar-refractivity contribution is 0.946. The number of pyridine rings is 1. The van der Waals surface area contributed by atoms with Gasteiger partial charge in [-0.1, -0.05) is 40.2 Å². The van der Waals surface area contributed by atoms with Crippen molar-refractivity contribution in [3.05, 3.63) is 58.8 Å². The van der Waals surface area contributed by atoms with Crippen LogP contribution in [-0.2, 0) is 6.54 Å². The van der Waals surface area contributed by atoms with Crippen LogP contribution in [0.15, 0.2) is 53.1 Å². The number of halogens is 1. The molecule has 0 saturated heterocycles. The van der Waals surface area contributed by atoms with Gasteiger partial charge in [0.1, 0.15) is 5.65 Å². The Morgan fingerprint density at radius 2 is 1.94 bits per heavy atom. The van der Waals surface area contributed by atoms with E-state index in [1.165, 1.54) is 0 Å². The fourth-order valence-corrected chi connectivity index (χ4v) is 2.52. The van der Waals surface area contributed by atoms with Gasteiger partial charge in [-0.2, -0.15) is 0 Å². The minimum Gasteiger partial charge on any atom is -0.325 e. The smallest absolute Gasteiger partial charge is 0.137 e. The lowest BCUT2D eigenvalue weighted by Crippen LogP contribution is -2.02. The van der Waals surface area contributed by atoms with Crippen molar-refractivity contribution in [1.29, 1.82) is 0 Å². The molecule has 2 N–H and O–H groups in total. The normalized spacial score (nSPS) is 11.0. The molecule has 90 valence electrons. The Balaban J connectivity index is 2.23. The molecule has 0 unspecified atom stereocenters. The van der Waals surface area contributed by atoms with E-state index in [0.29, 0.717) is 6.54 Å². The van der Waals surface area contributed by atoms with Crippen LogP contribution in [0.25, 0.3) is 16.9 Å². The standard InChI is InChI=1S/C14H12BrN3/c15-12-6-2-1-5-11(12)13-9-18-10(8-16)4-3-7-14(18)17-13/h1-7,9H,8,16H2. The Hall–Kier alpha value is -1.65. The van der Waals surface area contributed by atoms with Crippen LogP contribution in [-0.4, -0.2) is 9.38 Å². The van der Waals surface area contributed by atoms with Gasteiger partial charge in [-0.15, -0.1) is 0 Å². The van der Waals surface area contributed by atoms with Gasteiger partial charge < -0.3 is 10.1 Å². The predicted octanol–water partition coefficient (Wildman–Crippen LogP) is 3.22. The van der Waals surface area contributed by atoms with E-state index >= 15 is 0 Å². The summed E-state index contributed by atoms with van der Waals surface area (Å²) >= 11 is 3.55. The fourth-order valence-electron chi connectivity index (χ4n) is 2.03. The zero-order valence-electron chi connectivity index (χ0n) is 9.68. The summed E-state index contributed by atoms with van der Waals surface area (Å²) in [6.07, 6.45) is 2.03. The van der Waals surface area contributed by atoms with Gasteiger partial charge >= 0.3 is 0 Å². The third-order valence-corrected chi connectivity index (χ3v) is 3.63. The first kappa shape index (κ1) is 11.4. The van der Waals surface area contributed by atoms with Crippen molar-refractivity contribution in [3.63, 3.8) is 0 Å². The van der Waals surface area contributed by atoms with E-state index in [1.54, 1.807) is 0 Å². The van der Waals surface area contributed by atoms with E-state index in [4.69, 9.17) is 5.73 Å². The van der Waals surface area contributed by atoms with E-state index in [9.17, 15) is 0 Å². The maximum absolute atomic E-state index is 5.74. The predicted molar refractivity (Wildman–Crippen MR) is 76.2 cm³/mol. The van der Waals surface area contributed by atoms with Gasteiger partial charge in [-0.05, 0) is 18.2 Å². The quantitative estimate of drug-likeness (QED) is 0.790. The molecule has 0 aliphatic carbocycles. The molecule has 0 atom stereocenters. The average Bonchev–Trinajstić information content (AvgIpc) is 2.82. The number of nitrogens with zero attached hydrogens (tertiary/aromatic N) is 2. The van der Waals surface area contributed by atoms with Crippen molar-refractivity contribution in [3.8, 4) is 11.3 Å². The molecule has 0 spiro atoms. The summed E-state index contributed by atoms with van der Waals surface area (Å²) in [7, 11) is 0. The highest BCUT2D eigenvalue weighted by Gasteiger charge is 2.08. The summed E-state index contributed by atoms with van der Waals surface area (Å²) in [4.78, 5) is 4.63. The van der Waals surface area contributed by atoms with E-state index in [-0.39, 0.29) is 0 Å². The SMILES string of the molecule is NCc1cccc2nc(-c3ccccc3Br)cn12. The van der Waals surface area contributed by atoms with Crippen LogP contribution in [0.3, 0.4) is 0 Å². The Morgan fingerprint density at radius 3 is 2.72 bits per heavy atom. The summed E-state index contributed by atoms with van der Waals surface area (Å²) < 4.78 is 3.08. The Labute approximate surface area is 113 Å². The summed E-state index contributed by atoms with van der Waals surface area (Å²) in [6, 6.07) is 14.0. The molecule has 0 bridgehead atoms. The van der Waals surface area contributed by atoms with Crippen LogP contribution >= 0.6 is 15.9 Å². The van der Waals surface area contributed by atoms with Crippen LogP contribution in [0, 0.1) is 0 Å². The maximum atomic E-state index is 5.74. The zero-order valence-corrected chi connectivity index (χ0v) is 11.3. The van der Waals surface area contributed by atoms with Crippen LogP contribution in [0.1, 0.15) is 5.69 Å². The second kappa shape index (κ2) is 4.55. The number of aromatic nitrogens is 2. The molecule has 1 aromatic carbocycles. The van der Waals surface area contributed by atoms with Crippen LogP contribution in [0.4, 0.5) is 0 Å². The van der Waals surface area contributed by atoms with Crippen LogP contribution in [0.2, 0.25) is 0 Å². The Morgan fingerprint density at radius 1 is 1.11 bits per heavy atom. The number of rotatable bonds is 2. The molecule has 4 heteroatoms. The lowest BCUT2D eigenvalue weighted by atomic mass is 10.2. The second-order valence-electron chi connectivity index (χ2n) is 4.06.